The van der Waals surface area contributed by atoms with Gasteiger partial charge in [-0.2, -0.15) is 0 Å². The second kappa shape index (κ2) is 8.35. The van der Waals surface area contributed by atoms with Crippen molar-refractivity contribution in [2.75, 3.05) is 27.2 Å². The van der Waals surface area contributed by atoms with E-state index in [0.29, 0.717) is 37.4 Å². The number of carbonyl (C=O) groups is 2. The molecule has 30 heavy (non-hydrogen) atoms. The molecule has 7 nitrogen and oxygen atoms in total. The zero-order valence-corrected chi connectivity index (χ0v) is 17.6. The van der Waals surface area contributed by atoms with E-state index in [1.54, 1.807) is 36.0 Å². The lowest BCUT2D eigenvalue weighted by Crippen LogP contribution is -2.43. The summed E-state index contributed by atoms with van der Waals surface area (Å²) < 4.78 is 15.3. The molecule has 0 bridgehead atoms. The van der Waals surface area contributed by atoms with Gasteiger partial charge in [-0.15, -0.1) is 16.4 Å². The SMILES string of the molecule is CN(C)C(=O)C1CCN(C(=O)c2nc(-c3cccs3)n(-c3cccc(F)c3)n2)CC1. The Morgan fingerprint density at radius 3 is 2.57 bits per heavy atom. The highest BCUT2D eigenvalue weighted by Gasteiger charge is 2.31. The molecule has 156 valence electrons. The molecular weight excluding hydrogens is 405 g/mol. The molecule has 0 aliphatic carbocycles. The third-order valence-electron chi connectivity index (χ3n) is 5.16. The van der Waals surface area contributed by atoms with Gasteiger partial charge in [0.2, 0.25) is 11.7 Å². The summed E-state index contributed by atoms with van der Waals surface area (Å²) in [6, 6.07) is 9.81. The van der Waals surface area contributed by atoms with Crippen molar-refractivity contribution < 1.29 is 14.0 Å². The monoisotopic (exact) mass is 427 g/mol. The van der Waals surface area contributed by atoms with Crippen LogP contribution in [-0.4, -0.2) is 63.6 Å². The summed E-state index contributed by atoms with van der Waals surface area (Å²) in [6.45, 7) is 0.956. The van der Waals surface area contributed by atoms with Gasteiger partial charge in [0, 0.05) is 33.1 Å². The molecular formula is C21H22FN5O2S. The summed E-state index contributed by atoms with van der Waals surface area (Å²) in [5, 5.41) is 6.32. The number of hydrogen-bond acceptors (Lipinski definition) is 5. The maximum Gasteiger partial charge on any atom is 0.293 e. The fraction of sp³-hybridized carbons (Fsp3) is 0.333. The fourth-order valence-electron chi connectivity index (χ4n) is 3.59. The van der Waals surface area contributed by atoms with Crippen molar-refractivity contribution in [3.63, 3.8) is 0 Å². The number of carbonyl (C=O) groups excluding carboxylic acids is 2. The Morgan fingerprint density at radius 1 is 1.17 bits per heavy atom. The number of amides is 2. The van der Waals surface area contributed by atoms with Gasteiger partial charge in [-0.3, -0.25) is 9.59 Å². The van der Waals surface area contributed by atoms with E-state index in [0.717, 1.165) is 4.88 Å². The molecule has 0 unspecified atom stereocenters. The molecule has 0 spiro atoms. The smallest absolute Gasteiger partial charge is 0.293 e. The lowest BCUT2D eigenvalue weighted by Gasteiger charge is -2.31. The fourth-order valence-corrected chi connectivity index (χ4v) is 4.29. The summed E-state index contributed by atoms with van der Waals surface area (Å²) in [4.78, 5) is 33.8. The topological polar surface area (TPSA) is 71.3 Å². The van der Waals surface area contributed by atoms with Gasteiger partial charge in [-0.05, 0) is 42.5 Å². The summed E-state index contributed by atoms with van der Waals surface area (Å²) >= 11 is 1.47. The molecule has 3 heterocycles. The first-order valence-corrected chi connectivity index (χ1v) is 10.6. The molecule has 0 saturated carbocycles. The Hall–Kier alpha value is -3.07. The predicted octanol–water partition coefficient (Wildman–Crippen LogP) is 3.08. The second-order valence-electron chi connectivity index (χ2n) is 7.43. The van der Waals surface area contributed by atoms with Crippen LogP contribution in [0.3, 0.4) is 0 Å². The second-order valence-corrected chi connectivity index (χ2v) is 8.37. The Morgan fingerprint density at radius 2 is 1.93 bits per heavy atom. The Balaban J connectivity index is 1.60. The van der Waals surface area contributed by atoms with Gasteiger partial charge >= 0.3 is 0 Å². The summed E-state index contributed by atoms with van der Waals surface area (Å²) in [5.41, 5.74) is 0.500. The number of aromatic nitrogens is 3. The van der Waals surface area contributed by atoms with Crippen LogP contribution in [-0.2, 0) is 4.79 Å². The van der Waals surface area contributed by atoms with Gasteiger partial charge < -0.3 is 9.80 Å². The van der Waals surface area contributed by atoms with Gasteiger partial charge in [0.1, 0.15) is 5.82 Å². The molecule has 0 atom stereocenters. The van der Waals surface area contributed by atoms with Crippen LogP contribution >= 0.6 is 11.3 Å². The van der Waals surface area contributed by atoms with Crippen molar-refractivity contribution in [2.24, 2.45) is 5.92 Å². The first-order valence-electron chi connectivity index (χ1n) is 9.71. The normalized spacial score (nSPS) is 14.7. The lowest BCUT2D eigenvalue weighted by atomic mass is 9.95. The summed E-state index contributed by atoms with van der Waals surface area (Å²) in [5.74, 6) is -0.0739. The number of benzene rings is 1. The Bertz CT molecular complexity index is 1060. The zero-order chi connectivity index (χ0) is 21.3. The molecule has 1 aliphatic heterocycles. The van der Waals surface area contributed by atoms with E-state index in [9.17, 15) is 14.0 Å². The number of piperidine rings is 1. The molecule has 2 aromatic heterocycles. The minimum absolute atomic E-state index is 0.0662. The highest BCUT2D eigenvalue weighted by molar-refractivity contribution is 7.13. The van der Waals surface area contributed by atoms with Crippen molar-refractivity contribution in [3.05, 3.63) is 53.4 Å². The highest BCUT2D eigenvalue weighted by atomic mass is 32.1. The van der Waals surface area contributed by atoms with Crippen LogP contribution in [0.25, 0.3) is 16.4 Å². The van der Waals surface area contributed by atoms with Gasteiger partial charge in [-0.25, -0.2) is 14.1 Å². The quantitative estimate of drug-likeness (QED) is 0.642. The third-order valence-corrected chi connectivity index (χ3v) is 6.03. The molecule has 2 amide bonds. The highest BCUT2D eigenvalue weighted by Crippen LogP contribution is 2.27. The molecule has 0 radical (unpaired) electrons. The van der Waals surface area contributed by atoms with Crippen LogP contribution in [0.15, 0.2) is 41.8 Å². The van der Waals surface area contributed by atoms with E-state index < -0.39 is 0 Å². The van der Waals surface area contributed by atoms with Crippen molar-refractivity contribution in [1.82, 2.24) is 24.6 Å². The van der Waals surface area contributed by atoms with E-state index in [-0.39, 0.29) is 29.4 Å². The molecule has 1 aromatic carbocycles. The maximum atomic E-state index is 13.8. The van der Waals surface area contributed by atoms with Crippen molar-refractivity contribution in [2.45, 2.75) is 12.8 Å². The molecule has 4 rings (SSSR count). The van der Waals surface area contributed by atoms with Gasteiger partial charge in [-0.1, -0.05) is 12.1 Å². The zero-order valence-electron chi connectivity index (χ0n) is 16.8. The van der Waals surface area contributed by atoms with Crippen LogP contribution in [0.1, 0.15) is 23.5 Å². The van der Waals surface area contributed by atoms with Crippen molar-refractivity contribution in [3.8, 4) is 16.4 Å². The molecule has 9 heteroatoms. The largest absolute Gasteiger partial charge is 0.349 e. The van der Waals surface area contributed by atoms with Crippen LogP contribution < -0.4 is 0 Å². The average molecular weight is 428 g/mol. The van der Waals surface area contributed by atoms with E-state index in [1.165, 1.54) is 28.2 Å². The number of hydrogen-bond donors (Lipinski definition) is 0. The van der Waals surface area contributed by atoms with Crippen molar-refractivity contribution >= 4 is 23.2 Å². The first kappa shape index (κ1) is 20.2. The van der Waals surface area contributed by atoms with Crippen LogP contribution in [0.2, 0.25) is 0 Å². The number of thiophene rings is 1. The maximum absolute atomic E-state index is 13.8. The first-order chi connectivity index (χ1) is 14.4. The van der Waals surface area contributed by atoms with Gasteiger partial charge in [0.05, 0.1) is 10.6 Å². The third kappa shape index (κ3) is 3.97. The van der Waals surface area contributed by atoms with Gasteiger partial charge in [0.25, 0.3) is 5.91 Å². The van der Waals surface area contributed by atoms with Crippen molar-refractivity contribution in [1.29, 1.82) is 0 Å². The minimum Gasteiger partial charge on any atom is -0.349 e. The Labute approximate surface area is 177 Å². The lowest BCUT2D eigenvalue weighted by molar-refractivity contribution is -0.134. The van der Waals surface area contributed by atoms with Crippen LogP contribution in [0.4, 0.5) is 4.39 Å². The van der Waals surface area contributed by atoms with E-state index in [4.69, 9.17) is 0 Å². The number of rotatable bonds is 4. The average Bonchev–Trinajstić information content (AvgIpc) is 3.42. The number of likely N-dealkylation sites (tertiary alicyclic amines) is 1. The Kier molecular flexibility index (Phi) is 5.63. The van der Waals surface area contributed by atoms with E-state index in [1.807, 2.05) is 17.5 Å². The van der Waals surface area contributed by atoms with Gasteiger partial charge in [0.15, 0.2) is 5.82 Å². The van der Waals surface area contributed by atoms with Crippen LogP contribution in [0.5, 0.6) is 0 Å². The standard InChI is InChI=1S/C21H22FN5O2S/c1-25(2)20(28)14-8-10-26(11-9-14)21(29)18-23-19(17-7-4-12-30-17)27(24-18)16-6-3-5-15(22)13-16/h3-7,12-14H,8-11H2,1-2H3. The molecule has 3 aromatic rings. The minimum atomic E-state index is -0.388. The summed E-state index contributed by atoms with van der Waals surface area (Å²) in [7, 11) is 3.49. The predicted molar refractivity (Wildman–Crippen MR) is 112 cm³/mol. The number of nitrogens with zero attached hydrogens (tertiary/aromatic N) is 5. The summed E-state index contributed by atoms with van der Waals surface area (Å²) in [6.07, 6.45) is 1.23. The molecule has 1 aliphatic rings. The number of halogens is 1. The molecule has 0 N–H and O–H groups in total. The molecule has 1 fully saturated rings. The van der Waals surface area contributed by atoms with E-state index in [2.05, 4.69) is 10.1 Å². The molecule has 1 saturated heterocycles. The van der Waals surface area contributed by atoms with E-state index >= 15 is 0 Å². The van der Waals surface area contributed by atoms with Crippen LogP contribution in [0, 0.1) is 11.7 Å².